The van der Waals surface area contributed by atoms with Crippen LogP contribution in [0.3, 0.4) is 0 Å². The predicted octanol–water partition coefficient (Wildman–Crippen LogP) is 4.11. The maximum absolute atomic E-state index is 12.1. The largest absolute Gasteiger partial charge is 0.322 e. The highest BCUT2D eigenvalue weighted by Gasteiger charge is 2.10. The Balaban J connectivity index is 1.97. The van der Waals surface area contributed by atoms with Crippen LogP contribution in [0.25, 0.3) is 10.9 Å². The number of nitrogens with one attached hydrogen (secondary N) is 2. The smallest absolute Gasteiger partial charge is 0.265 e. The Morgan fingerprint density at radius 1 is 1.18 bits per heavy atom. The number of rotatable bonds is 2. The van der Waals surface area contributed by atoms with E-state index in [4.69, 9.17) is 11.6 Å². The van der Waals surface area contributed by atoms with Crippen LogP contribution in [0.1, 0.15) is 20.8 Å². The zero-order valence-electron chi connectivity index (χ0n) is 12.0. The van der Waals surface area contributed by atoms with Crippen molar-refractivity contribution in [1.82, 2.24) is 4.98 Å². The van der Waals surface area contributed by atoms with E-state index in [0.29, 0.717) is 26.0 Å². The third kappa shape index (κ3) is 2.65. The van der Waals surface area contributed by atoms with Gasteiger partial charge in [-0.05, 0) is 43.7 Å². The molecular formula is C16H13ClN2O2S. The minimum absolute atomic E-state index is 0.112. The fourth-order valence-electron chi connectivity index (χ4n) is 2.27. The number of carbonyl (C=O) groups excluding carboxylic acids is 1. The lowest BCUT2D eigenvalue weighted by molar-refractivity contribution is 0.103. The highest BCUT2D eigenvalue weighted by Crippen LogP contribution is 2.24. The Labute approximate surface area is 135 Å². The van der Waals surface area contributed by atoms with E-state index in [-0.39, 0.29) is 11.5 Å². The Kier molecular flexibility index (Phi) is 3.76. The highest BCUT2D eigenvalue weighted by molar-refractivity contribution is 7.18. The van der Waals surface area contributed by atoms with E-state index >= 15 is 0 Å². The standard InChI is InChI=1S/C16H13ClN2O2S/c1-8-9(2)15(20)19-12-7-10(3-4-11(8)12)18-16(21)13-5-6-14(17)22-13/h3-7H,1-2H3,(H,18,21)(H,19,20). The summed E-state index contributed by atoms with van der Waals surface area (Å²) in [6, 6.07) is 8.84. The highest BCUT2D eigenvalue weighted by atomic mass is 35.5. The summed E-state index contributed by atoms with van der Waals surface area (Å²) < 4.78 is 0.569. The van der Waals surface area contributed by atoms with Gasteiger partial charge in [-0.25, -0.2) is 0 Å². The summed E-state index contributed by atoms with van der Waals surface area (Å²) in [6.07, 6.45) is 0. The van der Waals surface area contributed by atoms with Gasteiger partial charge in [0.25, 0.3) is 11.5 Å². The van der Waals surface area contributed by atoms with E-state index in [9.17, 15) is 9.59 Å². The molecule has 2 N–H and O–H groups in total. The fraction of sp³-hybridized carbons (Fsp3) is 0.125. The number of carbonyl (C=O) groups is 1. The molecule has 1 amide bonds. The lowest BCUT2D eigenvalue weighted by Crippen LogP contribution is -2.13. The molecule has 112 valence electrons. The second kappa shape index (κ2) is 5.59. The van der Waals surface area contributed by atoms with Crippen molar-refractivity contribution in [2.45, 2.75) is 13.8 Å². The number of anilines is 1. The second-order valence-electron chi connectivity index (χ2n) is 5.02. The third-order valence-electron chi connectivity index (χ3n) is 3.63. The van der Waals surface area contributed by atoms with Crippen LogP contribution < -0.4 is 10.9 Å². The van der Waals surface area contributed by atoms with Crippen molar-refractivity contribution in [3.05, 3.63) is 61.0 Å². The normalized spacial score (nSPS) is 10.9. The molecule has 0 aliphatic rings. The SMILES string of the molecule is Cc1c(C)c2ccc(NC(=O)c3ccc(Cl)s3)cc2[nH]c1=O. The summed E-state index contributed by atoms with van der Waals surface area (Å²) in [4.78, 5) is 27.3. The van der Waals surface area contributed by atoms with Gasteiger partial charge in [-0.3, -0.25) is 9.59 Å². The Morgan fingerprint density at radius 2 is 1.95 bits per heavy atom. The fourth-order valence-corrected chi connectivity index (χ4v) is 3.21. The Morgan fingerprint density at radius 3 is 2.64 bits per heavy atom. The van der Waals surface area contributed by atoms with Crippen molar-refractivity contribution in [3.8, 4) is 0 Å². The van der Waals surface area contributed by atoms with Gasteiger partial charge in [-0.15, -0.1) is 11.3 Å². The van der Waals surface area contributed by atoms with E-state index in [1.807, 2.05) is 19.1 Å². The van der Waals surface area contributed by atoms with Crippen molar-refractivity contribution < 1.29 is 4.79 Å². The lowest BCUT2D eigenvalue weighted by Gasteiger charge is -2.08. The van der Waals surface area contributed by atoms with Gasteiger partial charge < -0.3 is 10.3 Å². The van der Waals surface area contributed by atoms with Crippen molar-refractivity contribution in [3.63, 3.8) is 0 Å². The topological polar surface area (TPSA) is 62.0 Å². The zero-order chi connectivity index (χ0) is 15.9. The monoisotopic (exact) mass is 332 g/mol. The van der Waals surface area contributed by atoms with Crippen LogP contribution in [0.4, 0.5) is 5.69 Å². The summed E-state index contributed by atoms with van der Waals surface area (Å²) in [5.74, 6) is -0.220. The molecule has 0 aliphatic heterocycles. The van der Waals surface area contributed by atoms with Gasteiger partial charge in [0.05, 0.1) is 14.7 Å². The first-order chi connectivity index (χ1) is 10.5. The molecule has 0 fully saturated rings. The van der Waals surface area contributed by atoms with Gasteiger partial charge in [0, 0.05) is 16.6 Å². The molecule has 2 heterocycles. The average Bonchev–Trinajstić information content (AvgIpc) is 2.91. The van der Waals surface area contributed by atoms with Crippen LogP contribution in [0.5, 0.6) is 0 Å². The molecule has 4 nitrogen and oxygen atoms in total. The van der Waals surface area contributed by atoms with E-state index in [1.54, 1.807) is 25.1 Å². The van der Waals surface area contributed by atoms with Crippen LogP contribution in [-0.2, 0) is 0 Å². The zero-order valence-corrected chi connectivity index (χ0v) is 13.6. The second-order valence-corrected chi connectivity index (χ2v) is 6.74. The van der Waals surface area contributed by atoms with E-state index in [0.717, 1.165) is 10.9 Å². The first-order valence-corrected chi connectivity index (χ1v) is 7.85. The molecule has 3 rings (SSSR count). The van der Waals surface area contributed by atoms with Gasteiger partial charge >= 0.3 is 0 Å². The minimum Gasteiger partial charge on any atom is -0.322 e. The van der Waals surface area contributed by atoms with Crippen LogP contribution in [0.15, 0.2) is 35.1 Å². The van der Waals surface area contributed by atoms with Gasteiger partial charge in [-0.1, -0.05) is 17.7 Å². The number of aromatic amines is 1. The number of pyridine rings is 1. The van der Waals surface area contributed by atoms with Gasteiger partial charge in [0.1, 0.15) is 0 Å². The summed E-state index contributed by atoms with van der Waals surface area (Å²) in [5.41, 5.74) is 2.87. The van der Waals surface area contributed by atoms with Gasteiger partial charge in [-0.2, -0.15) is 0 Å². The van der Waals surface area contributed by atoms with Gasteiger partial charge in [0.2, 0.25) is 0 Å². The molecule has 2 aromatic heterocycles. The molecule has 22 heavy (non-hydrogen) atoms. The van der Waals surface area contributed by atoms with Gasteiger partial charge in [0.15, 0.2) is 0 Å². The number of thiophene rings is 1. The van der Waals surface area contributed by atoms with Crippen LogP contribution in [0, 0.1) is 13.8 Å². The average molecular weight is 333 g/mol. The van der Waals surface area contributed by atoms with E-state index in [2.05, 4.69) is 10.3 Å². The molecule has 0 aliphatic carbocycles. The number of aryl methyl sites for hydroxylation is 1. The Hall–Kier alpha value is -2.11. The molecule has 1 aromatic carbocycles. The van der Waals surface area contributed by atoms with Crippen molar-refractivity contribution in [2.24, 2.45) is 0 Å². The lowest BCUT2D eigenvalue weighted by atomic mass is 10.1. The molecular weight excluding hydrogens is 320 g/mol. The molecule has 0 saturated carbocycles. The summed E-state index contributed by atoms with van der Waals surface area (Å²) in [6.45, 7) is 3.71. The number of amides is 1. The summed E-state index contributed by atoms with van der Waals surface area (Å²) in [7, 11) is 0. The first-order valence-electron chi connectivity index (χ1n) is 6.65. The van der Waals surface area contributed by atoms with E-state index < -0.39 is 0 Å². The minimum atomic E-state index is -0.220. The molecule has 3 aromatic rings. The van der Waals surface area contributed by atoms with Crippen molar-refractivity contribution in [1.29, 1.82) is 0 Å². The van der Waals surface area contributed by atoms with Crippen molar-refractivity contribution in [2.75, 3.05) is 5.32 Å². The number of halogens is 1. The predicted molar refractivity (Wildman–Crippen MR) is 91.3 cm³/mol. The van der Waals surface area contributed by atoms with Crippen molar-refractivity contribution >= 4 is 45.4 Å². The quantitative estimate of drug-likeness (QED) is 0.741. The number of fused-ring (bicyclic) bond motifs is 1. The molecule has 0 unspecified atom stereocenters. The maximum atomic E-state index is 12.1. The number of aromatic nitrogens is 1. The number of hydrogen-bond donors (Lipinski definition) is 2. The number of H-pyrrole nitrogens is 1. The van der Waals surface area contributed by atoms with Crippen LogP contribution >= 0.6 is 22.9 Å². The third-order valence-corrected chi connectivity index (χ3v) is 4.86. The molecule has 6 heteroatoms. The maximum Gasteiger partial charge on any atom is 0.265 e. The summed E-state index contributed by atoms with van der Waals surface area (Å²) >= 11 is 7.06. The molecule has 0 atom stereocenters. The Bertz CT molecular complexity index is 943. The number of benzene rings is 1. The van der Waals surface area contributed by atoms with Crippen LogP contribution in [-0.4, -0.2) is 10.9 Å². The first kappa shape index (κ1) is 14.8. The molecule has 0 saturated heterocycles. The van der Waals surface area contributed by atoms with Crippen LogP contribution in [0.2, 0.25) is 4.34 Å². The molecule has 0 spiro atoms. The molecule has 0 radical (unpaired) electrons. The number of hydrogen-bond acceptors (Lipinski definition) is 3. The van der Waals surface area contributed by atoms with E-state index in [1.165, 1.54) is 11.3 Å². The molecule has 0 bridgehead atoms. The summed E-state index contributed by atoms with van der Waals surface area (Å²) in [5, 5.41) is 3.77.